The smallest absolute Gasteiger partial charge is 0.0931 e. The maximum absolute atomic E-state index is 10.4. The predicted octanol–water partition coefficient (Wildman–Crippen LogP) is 3.25. The average Bonchev–Trinajstić information content (AvgIpc) is 2.64. The van der Waals surface area contributed by atoms with Crippen molar-refractivity contribution in [2.75, 3.05) is 0 Å². The quantitative estimate of drug-likeness (QED) is 0.911. The van der Waals surface area contributed by atoms with Gasteiger partial charge in [0, 0.05) is 29.3 Å². The van der Waals surface area contributed by atoms with Crippen LogP contribution in [0.1, 0.15) is 17.4 Å². The highest BCUT2D eigenvalue weighted by molar-refractivity contribution is 7.16. The number of rotatable bonds is 3. The van der Waals surface area contributed by atoms with Gasteiger partial charge in [-0.2, -0.15) is 0 Å². The molecule has 0 amide bonds. The first-order valence-electron chi connectivity index (χ1n) is 4.95. The summed E-state index contributed by atoms with van der Waals surface area (Å²) in [5, 5.41) is 10.4. The van der Waals surface area contributed by atoms with Crippen LogP contribution >= 0.6 is 22.9 Å². The van der Waals surface area contributed by atoms with Crippen LogP contribution in [-0.4, -0.2) is 10.1 Å². The fourth-order valence-corrected chi connectivity index (χ4v) is 2.81. The molecule has 0 aromatic carbocycles. The molecule has 2 rings (SSSR count). The van der Waals surface area contributed by atoms with E-state index in [1.807, 2.05) is 24.3 Å². The third kappa shape index (κ3) is 2.61. The highest BCUT2D eigenvalue weighted by Gasteiger charge is 2.24. The highest BCUT2D eigenvalue weighted by Crippen LogP contribution is 2.29. The van der Waals surface area contributed by atoms with Gasteiger partial charge in [-0.1, -0.05) is 17.7 Å². The minimum atomic E-state index is -0.900. The molecule has 0 fully saturated rings. The monoisotopic (exact) mass is 253 g/mol. The molecule has 0 aliphatic rings. The van der Waals surface area contributed by atoms with Crippen molar-refractivity contribution in [2.24, 2.45) is 0 Å². The molecule has 4 heteroatoms. The summed E-state index contributed by atoms with van der Waals surface area (Å²) in [5.74, 6) is 0. The lowest BCUT2D eigenvalue weighted by molar-refractivity contribution is 0.0581. The Morgan fingerprint density at radius 2 is 2.25 bits per heavy atom. The Labute approximate surface area is 104 Å². The predicted molar refractivity (Wildman–Crippen MR) is 66.8 cm³/mol. The molecule has 0 saturated heterocycles. The third-order valence-corrected chi connectivity index (χ3v) is 3.66. The molecule has 0 spiro atoms. The van der Waals surface area contributed by atoms with Crippen molar-refractivity contribution in [3.05, 3.63) is 51.4 Å². The Bertz CT molecular complexity index is 467. The largest absolute Gasteiger partial charge is 0.385 e. The Morgan fingerprint density at radius 3 is 2.81 bits per heavy atom. The molecule has 0 bridgehead atoms. The standard InChI is InChI=1S/C12H12ClNOS/c1-12(15,9-3-2-6-14-8-9)7-10-4-5-11(13)16-10/h2-6,8,15H,7H2,1H3. The van der Waals surface area contributed by atoms with Crippen LogP contribution in [0.5, 0.6) is 0 Å². The molecule has 2 aromatic rings. The van der Waals surface area contributed by atoms with Crippen LogP contribution < -0.4 is 0 Å². The van der Waals surface area contributed by atoms with E-state index >= 15 is 0 Å². The minimum absolute atomic E-state index is 0.552. The van der Waals surface area contributed by atoms with Crippen molar-refractivity contribution in [3.63, 3.8) is 0 Å². The lowest BCUT2D eigenvalue weighted by Crippen LogP contribution is -2.23. The van der Waals surface area contributed by atoms with Crippen LogP contribution in [0.4, 0.5) is 0 Å². The minimum Gasteiger partial charge on any atom is -0.385 e. The SMILES string of the molecule is CC(O)(Cc1ccc(Cl)s1)c1cccnc1. The van der Waals surface area contributed by atoms with E-state index in [4.69, 9.17) is 11.6 Å². The first-order valence-corrected chi connectivity index (χ1v) is 6.14. The van der Waals surface area contributed by atoms with Gasteiger partial charge in [0.2, 0.25) is 0 Å². The molecule has 2 nitrogen and oxygen atoms in total. The number of thiophene rings is 1. The summed E-state index contributed by atoms with van der Waals surface area (Å²) in [7, 11) is 0. The fraction of sp³-hybridized carbons (Fsp3) is 0.250. The summed E-state index contributed by atoms with van der Waals surface area (Å²) >= 11 is 7.35. The van der Waals surface area contributed by atoms with Gasteiger partial charge in [0.15, 0.2) is 0 Å². The zero-order valence-electron chi connectivity index (χ0n) is 8.85. The van der Waals surface area contributed by atoms with Crippen molar-refractivity contribution in [2.45, 2.75) is 18.9 Å². The van der Waals surface area contributed by atoms with Gasteiger partial charge in [0.1, 0.15) is 0 Å². The summed E-state index contributed by atoms with van der Waals surface area (Å²) in [6.45, 7) is 1.79. The zero-order valence-corrected chi connectivity index (χ0v) is 10.4. The molecule has 1 atom stereocenters. The highest BCUT2D eigenvalue weighted by atomic mass is 35.5. The maximum atomic E-state index is 10.4. The van der Waals surface area contributed by atoms with Crippen molar-refractivity contribution < 1.29 is 5.11 Å². The second-order valence-electron chi connectivity index (χ2n) is 3.90. The van der Waals surface area contributed by atoms with Gasteiger partial charge in [-0.25, -0.2) is 0 Å². The van der Waals surface area contributed by atoms with E-state index in [1.54, 1.807) is 19.3 Å². The van der Waals surface area contributed by atoms with Crippen LogP contribution in [0.3, 0.4) is 0 Å². The number of aliphatic hydroxyl groups is 1. The third-order valence-electron chi connectivity index (χ3n) is 2.43. The van der Waals surface area contributed by atoms with Gasteiger partial charge in [-0.05, 0) is 25.1 Å². The van der Waals surface area contributed by atoms with Gasteiger partial charge < -0.3 is 5.11 Å². The van der Waals surface area contributed by atoms with Crippen LogP contribution in [0.15, 0.2) is 36.7 Å². The Morgan fingerprint density at radius 1 is 1.44 bits per heavy atom. The van der Waals surface area contributed by atoms with Gasteiger partial charge in [-0.15, -0.1) is 11.3 Å². The van der Waals surface area contributed by atoms with E-state index in [2.05, 4.69) is 4.98 Å². The van der Waals surface area contributed by atoms with E-state index < -0.39 is 5.60 Å². The van der Waals surface area contributed by atoms with E-state index in [0.29, 0.717) is 6.42 Å². The maximum Gasteiger partial charge on any atom is 0.0931 e. The molecule has 1 unspecified atom stereocenters. The lowest BCUT2D eigenvalue weighted by atomic mass is 9.93. The normalized spacial score (nSPS) is 14.7. The summed E-state index contributed by atoms with van der Waals surface area (Å²) in [6, 6.07) is 7.49. The number of aromatic nitrogens is 1. The average molecular weight is 254 g/mol. The van der Waals surface area contributed by atoms with Crippen molar-refractivity contribution >= 4 is 22.9 Å². The zero-order chi connectivity index (χ0) is 11.6. The molecular formula is C12H12ClNOS. The molecule has 2 aromatic heterocycles. The van der Waals surface area contributed by atoms with Crippen LogP contribution in [0.2, 0.25) is 4.34 Å². The Balaban J connectivity index is 2.20. The molecule has 1 N–H and O–H groups in total. The number of hydrogen-bond donors (Lipinski definition) is 1. The molecule has 0 aliphatic heterocycles. The summed E-state index contributed by atoms with van der Waals surface area (Å²) in [5.41, 5.74) is -0.0814. The Hall–Kier alpha value is -0.900. The fourth-order valence-electron chi connectivity index (χ4n) is 1.57. The molecule has 0 radical (unpaired) electrons. The topological polar surface area (TPSA) is 33.1 Å². The molecule has 16 heavy (non-hydrogen) atoms. The van der Waals surface area contributed by atoms with Crippen LogP contribution in [0.25, 0.3) is 0 Å². The first kappa shape index (κ1) is 11.6. The van der Waals surface area contributed by atoms with E-state index in [0.717, 1.165) is 14.8 Å². The van der Waals surface area contributed by atoms with E-state index in [1.165, 1.54) is 11.3 Å². The molecule has 2 heterocycles. The number of halogens is 1. The van der Waals surface area contributed by atoms with Gasteiger partial charge in [-0.3, -0.25) is 4.98 Å². The summed E-state index contributed by atoms with van der Waals surface area (Å²) < 4.78 is 0.747. The van der Waals surface area contributed by atoms with Crippen molar-refractivity contribution in [3.8, 4) is 0 Å². The number of hydrogen-bond acceptors (Lipinski definition) is 3. The molecular weight excluding hydrogens is 242 g/mol. The second kappa shape index (κ2) is 4.53. The number of pyridine rings is 1. The first-order chi connectivity index (χ1) is 7.58. The van der Waals surface area contributed by atoms with Crippen LogP contribution in [-0.2, 0) is 12.0 Å². The lowest BCUT2D eigenvalue weighted by Gasteiger charge is -2.22. The second-order valence-corrected chi connectivity index (χ2v) is 5.70. The van der Waals surface area contributed by atoms with Crippen molar-refractivity contribution in [1.29, 1.82) is 0 Å². The Kier molecular flexibility index (Phi) is 3.28. The molecule has 0 saturated carbocycles. The molecule has 84 valence electrons. The van der Waals surface area contributed by atoms with E-state index in [9.17, 15) is 5.11 Å². The van der Waals surface area contributed by atoms with Gasteiger partial charge in [0.25, 0.3) is 0 Å². The van der Waals surface area contributed by atoms with Gasteiger partial charge in [0.05, 0.1) is 9.94 Å². The van der Waals surface area contributed by atoms with Crippen molar-refractivity contribution in [1.82, 2.24) is 4.98 Å². The summed E-state index contributed by atoms with van der Waals surface area (Å²) in [6.07, 6.45) is 3.94. The van der Waals surface area contributed by atoms with Crippen LogP contribution in [0, 0.1) is 0 Å². The number of nitrogens with zero attached hydrogens (tertiary/aromatic N) is 1. The van der Waals surface area contributed by atoms with E-state index in [-0.39, 0.29) is 0 Å². The molecule has 0 aliphatic carbocycles. The summed E-state index contributed by atoms with van der Waals surface area (Å²) in [4.78, 5) is 5.08. The van der Waals surface area contributed by atoms with Gasteiger partial charge >= 0.3 is 0 Å².